The summed E-state index contributed by atoms with van der Waals surface area (Å²) in [6.45, 7) is 3.57. The number of aromatic amines is 1. The first-order valence-electron chi connectivity index (χ1n) is 9.71. The van der Waals surface area contributed by atoms with Crippen LogP contribution < -0.4 is 5.73 Å². The molecule has 0 bridgehead atoms. The fourth-order valence-corrected chi connectivity index (χ4v) is 3.75. The van der Waals surface area contributed by atoms with Gasteiger partial charge in [0.25, 0.3) is 5.91 Å². The molecule has 1 saturated heterocycles. The Morgan fingerprint density at radius 1 is 1.14 bits per heavy atom. The predicted molar refractivity (Wildman–Crippen MR) is 109 cm³/mol. The van der Waals surface area contributed by atoms with Crippen LogP contribution in [-0.2, 0) is 16.8 Å². The highest BCUT2D eigenvalue weighted by Gasteiger charge is 2.36. The Hall–Kier alpha value is -3.35. The van der Waals surface area contributed by atoms with Crippen LogP contribution in [-0.4, -0.2) is 40.0 Å². The number of fused-ring (bicyclic) bond motifs is 1. The highest BCUT2D eigenvalue weighted by molar-refractivity contribution is 6.04. The maximum Gasteiger partial charge on any atom is 0.410 e. The topological polar surface area (TPSA) is 101 Å². The molecule has 1 aliphatic rings. The van der Waals surface area contributed by atoms with Gasteiger partial charge in [0.2, 0.25) is 0 Å². The Balaban J connectivity index is 1.43. The second-order valence-corrected chi connectivity index (χ2v) is 7.74. The van der Waals surface area contributed by atoms with Crippen molar-refractivity contribution in [3.05, 3.63) is 65.5 Å². The minimum atomic E-state index is -0.491. The molecule has 0 atom stereocenters. The molecule has 4 rings (SSSR count). The number of amides is 2. The smallest absolute Gasteiger partial charge is 0.410 e. The Kier molecular flexibility index (Phi) is 4.96. The molecule has 2 heterocycles. The Morgan fingerprint density at radius 2 is 1.86 bits per heavy atom. The van der Waals surface area contributed by atoms with Crippen LogP contribution in [0.5, 0.6) is 0 Å². The number of rotatable bonds is 4. The minimum absolute atomic E-state index is 0.218. The fraction of sp³-hybridized carbons (Fsp3) is 0.318. The van der Waals surface area contributed by atoms with Crippen molar-refractivity contribution in [2.45, 2.75) is 31.8 Å². The third-order valence-electron chi connectivity index (χ3n) is 5.68. The highest BCUT2D eigenvalue weighted by Crippen LogP contribution is 2.35. The van der Waals surface area contributed by atoms with E-state index in [0.29, 0.717) is 24.2 Å². The van der Waals surface area contributed by atoms with Gasteiger partial charge in [-0.1, -0.05) is 43.3 Å². The molecule has 3 aromatic rings. The number of hydrogen-bond donors (Lipinski definition) is 2. The average molecular weight is 392 g/mol. The number of piperidine rings is 1. The van der Waals surface area contributed by atoms with Crippen LogP contribution >= 0.6 is 0 Å². The van der Waals surface area contributed by atoms with E-state index in [0.717, 1.165) is 29.7 Å². The first-order valence-corrected chi connectivity index (χ1v) is 9.71. The van der Waals surface area contributed by atoms with Gasteiger partial charge in [-0.3, -0.25) is 4.79 Å². The Bertz CT molecular complexity index is 1040. The number of imidazole rings is 1. The lowest BCUT2D eigenvalue weighted by molar-refractivity contribution is 0.0784. The molecule has 1 aromatic heterocycles. The highest BCUT2D eigenvalue weighted by atomic mass is 16.6. The molecule has 7 nitrogen and oxygen atoms in total. The third-order valence-corrected chi connectivity index (χ3v) is 5.68. The van der Waals surface area contributed by atoms with Gasteiger partial charge in [0.05, 0.1) is 11.1 Å². The number of benzene rings is 2. The van der Waals surface area contributed by atoms with Crippen molar-refractivity contribution in [2.24, 2.45) is 5.73 Å². The number of aromatic nitrogens is 2. The summed E-state index contributed by atoms with van der Waals surface area (Å²) < 4.78 is 5.44. The number of carbonyl (C=O) groups is 2. The van der Waals surface area contributed by atoms with Crippen molar-refractivity contribution >= 4 is 23.0 Å². The Morgan fingerprint density at radius 3 is 2.55 bits per heavy atom. The second kappa shape index (κ2) is 7.58. The van der Waals surface area contributed by atoms with E-state index in [-0.39, 0.29) is 18.1 Å². The zero-order chi connectivity index (χ0) is 20.4. The molecule has 3 N–H and O–H groups in total. The molecule has 29 heavy (non-hydrogen) atoms. The summed E-state index contributed by atoms with van der Waals surface area (Å²) in [5.41, 5.74) is 8.03. The summed E-state index contributed by atoms with van der Waals surface area (Å²) in [5.74, 6) is 0.327. The van der Waals surface area contributed by atoms with E-state index in [2.05, 4.69) is 16.9 Å². The SMILES string of the molecule is CC1(c2nc3c(C(N)=O)cccc3[nH]2)CCN(C(=O)OCc2ccccc2)CC1. The van der Waals surface area contributed by atoms with Crippen molar-refractivity contribution in [1.29, 1.82) is 0 Å². The van der Waals surface area contributed by atoms with E-state index < -0.39 is 5.91 Å². The van der Waals surface area contributed by atoms with Gasteiger partial charge >= 0.3 is 6.09 Å². The number of hydrogen-bond acceptors (Lipinski definition) is 4. The number of para-hydroxylation sites is 1. The summed E-state index contributed by atoms with van der Waals surface area (Å²) in [5, 5.41) is 0. The summed E-state index contributed by atoms with van der Waals surface area (Å²) in [7, 11) is 0. The van der Waals surface area contributed by atoms with Gasteiger partial charge in [-0.25, -0.2) is 9.78 Å². The second-order valence-electron chi connectivity index (χ2n) is 7.74. The van der Waals surface area contributed by atoms with Crippen LogP contribution in [0.25, 0.3) is 11.0 Å². The molecule has 0 saturated carbocycles. The lowest BCUT2D eigenvalue weighted by atomic mass is 9.80. The first-order chi connectivity index (χ1) is 14.0. The molecule has 2 aromatic carbocycles. The fourth-order valence-electron chi connectivity index (χ4n) is 3.75. The van der Waals surface area contributed by atoms with Crippen molar-refractivity contribution in [3.8, 4) is 0 Å². The van der Waals surface area contributed by atoms with E-state index >= 15 is 0 Å². The normalized spacial score (nSPS) is 16.0. The number of ether oxygens (including phenoxy) is 1. The van der Waals surface area contributed by atoms with Gasteiger partial charge in [-0.2, -0.15) is 0 Å². The lowest BCUT2D eigenvalue weighted by Crippen LogP contribution is -2.44. The van der Waals surface area contributed by atoms with Crippen LogP contribution in [0.4, 0.5) is 4.79 Å². The molecule has 0 spiro atoms. The number of H-pyrrole nitrogens is 1. The molecule has 7 heteroatoms. The van der Waals surface area contributed by atoms with E-state index in [9.17, 15) is 9.59 Å². The van der Waals surface area contributed by atoms with Gasteiger partial charge in [0.1, 0.15) is 17.9 Å². The third kappa shape index (κ3) is 3.81. The number of nitrogens with zero attached hydrogens (tertiary/aromatic N) is 2. The van der Waals surface area contributed by atoms with Gasteiger partial charge in [-0.05, 0) is 30.5 Å². The molecular formula is C22H24N4O3. The molecule has 0 unspecified atom stereocenters. The maximum atomic E-state index is 12.4. The van der Waals surface area contributed by atoms with Crippen LogP contribution in [0.3, 0.4) is 0 Å². The molecule has 1 aliphatic heterocycles. The minimum Gasteiger partial charge on any atom is -0.445 e. The van der Waals surface area contributed by atoms with Crippen molar-refractivity contribution in [1.82, 2.24) is 14.9 Å². The summed E-state index contributed by atoms with van der Waals surface area (Å²) >= 11 is 0. The number of nitrogens with one attached hydrogen (secondary N) is 1. The van der Waals surface area contributed by atoms with Gasteiger partial charge in [-0.15, -0.1) is 0 Å². The monoisotopic (exact) mass is 392 g/mol. The van der Waals surface area contributed by atoms with Crippen LogP contribution in [0.1, 0.15) is 41.5 Å². The van der Waals surface area contributed by atoms with E-state index in [1.54, 1.807) is 17.0 Å². The average Bonchev–Trinajstić information content (AvgIpc) is 3.18. The lowest BCUT2D eigenvalue weighted by Gasteiger charge is -2.37. The quantitative estimate of drug-likeness (QED) is 0.711. The van der Waals surface area contributed by atoms with Gasteiger partial charge in [0.15, 0.2) is 0 Å². The van der Waals surface area contributed by atoms with Crippen LogP contribution in [0.2, 0.25) is 0 Å². The van der Waals surface area contributed by atoms with Crippen molar-refractivity contribution < 1.29 is 14.3 Å². The number of likely N-dealkylation sites (tertiary alicyclic amines) is 1. The van der Waals surface area contributed by atoms with E-state index in [1.165, 1.54) is 0 Å². The summed E-state index contributed by atoms with van der Waals surface area (Å²) in [6.07, 6.45) is 1.20. The molecule has 0 radical (unpaired) electrons. The number of carbonyl (C=O) groups excluding carboxylic acids is 2. The number of primary amides is 1. The summed E-state index contributed by atoms with van der Waals surface area (Å²) in [6, 6.07) is 15.0. The molecule has 0 aliphatic carbocycles. The van der Waals surface area contributed by atoms with Crippen molar-refractivity contribution in [3.63, 3.8) is 0 Å². The predicted octanol–water partition coefficient (Wildman–Crippen LogP) is 3.35. The van der Waals surface area contributed by atoms with Gasteiger partial charge in [0, 0.05) is 18.5 Å². The van der Waals surface area contributed by atoms with E-state index in [1.807, 2.05) is 36.4 Å². The Labute approximate surface area is 168 Å². The van der Waals surface area contributed by atoms with Gasteiger partial charge < -0.3 is 20.4 Å². The van der Waals surface area contributed by atoms with Crippen LogP contribution in [0, 0.1) is 0 Å². The number of nitrogens with two attached hydrogens (primary N) is 1. The molecule has 1 fully saturated rings. The molecule has 150 valence electrons. The summed E-state index contributed by atoms with van der Waals surface area (Å²) in [4.78, 5) is 33.8. The standard InChI is InChI=1S/C22H24N4O3/c1-22(20-24-17-9-5-8-16(19(23)27)18(17)25-20)10-12-26(13-11-22)21(28)29-14-15-6-3-2-4-7-15/h2-9H,10-14H2,1H3,(H2,23,27)(H,24,25). The van der Waals surface area contributed by atoms with Crippen molar-refractivity contribution in [2.75, 3.05) is 13.1 Å². The van der Waals surface area contributed by atoms with Crippen LogP contribution in [0.15, 0.2) is 48.5 Å². The largest absolute Gasteiger partial charge is 0.445 e. The van der Waals surface area contributed by atoms with E-state index in [4.69, 9.17) is 10.5 Å². The zero-order valence-electron chi connectivity index (χ0n) is 16.4. The molecular weight excluding hydrogens is 368 g/mol. The molecule has 2 amide bonds. The maximum absolute atomic E-state index is 12.4. The first kappa shape index (κ1) is 19.0. The zero-order valence-corrected chi connectivity index (χ0v) is 16.4.